The molecule has 0 saturated carbocycles. The molecule has 0 bridgehead atoms. The van der Waals surface area contributed by atoms with E-state index in [1.165, 1.54) is 4.90 Å². The normalized spacial score (nSPS) is 24.8. The van der Waals surface area contributed by atoms with E-state index in [2.05, 4.69) is 5.32 Å². The Kier molecular flexibility index (Phi) is 5.14. The maximum Gasteiger partial charge on any atom is 0.323 e. The van der Waals surface area contributed by atoms with E-state index in [4.69, 9.17) is 5.11 Å². The molecule has 1 heterocycles. The van der Waals surface area contributed by atoms with Crippen molar-refractivity contribution in [1.82, 2.24) is 10.2 Å². The fourth-order valence-electron chi connectivity index (χ4n) is 2.51. The van der Waals surface area contributed by atoms with Gasteiger partial charge in [-0.05, 0) is 39.2 Å². The molecule has 0 aromatic carbocycles. The van der Waals surface area contributed by atoms with Gasteiger partial charge in [-0.3, -0.25) is 9.59 Å². The zero-order chi connectivity index (χ0) is 13.8. The van der Waals surface area contributed by atoms with Crippen molar-refractivity contribution in [3.8, 4) is 0 Å². The predicted octanol–water partition coefficient (Wildman–Crippen LogP) is 1.23. The summed E-state index contributed by atoms with van der Waals surface area (Å²) in [6.45, 7) is 6.47. The SMILES string of the molecule is CCC(C)N(CC(=O)O)C(=O)C1(CC)CCCN1. The van der Waals surface area contributed by atoms with E-state index in [0.717, 1.165) is 25.8 Å². The van der Waals surface area contributed by atoms with Gasteiger partial charge >= 0.3 is 5.97 Å². The smallest absolute Gasteiger partial charge is 0.323 e. The molecular weight excluding hydrogens is 232 g/mol. The number of nitrogens with zero attached hydrogens (tertiary/aromatic N) is 1. The van der Waals surface area contributed by atoms with E-state index < -0.39 is 11.5 Å². The fourth-order valence-corrected chi connectivity index (χ4v) is 2.51. The molecule has 0 aromatic rings. The first-order valence-corrected chi connectivity index (χ1v) is 6.74. The van der Waals surface area contributed by atoms with Crippen LogP contribution in [0.4, 0.5) is 0 Å². The molecule has 0 aliphatic carbocycles. The molecule has 2 unspecified atom stereocenters. The van der Waals surface area contributed by atoms with Crippen LogP contribution >= 0.6 is 0 Å². The van der Waals surface area contributed by atoms with Gasteiger partial charge in [0.25, 0.3) is 0 Å². The number of amides is 1. The number of hydrogen-bond acceptors (Lipinski definition) is 3. The van der Waals surface area contributed by atoms with Crippen LogP contribution in [-0.2, 0) is 9.59 Å². The van der Waals surface area contributed by atoms with Crippen LogP contribution in [0.25, 0.3) is 0 Å². The molecule has 5 heteroatoms. The molecule has 1 aliphatic heterocycles. The molecule has 1 rings (SSSR count). The maximum atomic E-state index is 12.6. The van der Waals surface area contributed by atoms with Crippen molar-refractivity contribution >= 4 is 11.9 Å². The molecule has 1 saturated heterocycles. The molecule has 2 atom stereocenters. The van der Waals surface area contributed by atoms with Crippen LogP contribution in [0.2, 0.25) is 0 Å². The third-order valence-electron chi connectivity index (χ3n) is 3.95. The third kappa shape index (κ3) is 3.02. The Morgan fingerprint density at radius 2 is 2.11 bits per heavy atom. The number of carboxylic acid groups (broad SMARTS) is 1. The van der Waals surface area contributed by atoms with Gasteiger partial charge in [-0.2, -0.15) is 0 Å². The lowest BCUT2D eigenvalue weighted by Crippen LogP contribution is -2.57. The summed E-state index contributed by atoms with van der Waals surface area (Å²) in [6, 6.07) is -0.0422. The second-order valence-electron chi connectivity index (χ2n) is 5.05. The molecule has 1 amide bonds. The number of carboxylic acids is 1. The summed E-state index contributed by atoms with van der Waals surface area (Å²) in [7, 11) is 0. The second-order valence-corrected chi connectivity index (χ2v) is 5.05. The van der Waals surface area contributed by atoms with E-state index in [-0.39, 0.29) is 18.5 Å². The largest absolute Gasteiger partial charge is 0.480 e. The number of aliphatic carboxylic acids is 1. The summed E-state index contributed by atoms with van der Waals surface area (Å²) in [5, 5.41) is 12.2. The average Bonchev–Trinajstić information content (AvgIpc) is 2.84. The first kappa shape index (κ1) is 15.0. The average molecular weight is 256 g/mol. The Morgan fingerprint density at radius 3 is 2.50 bits per heavy atom. The minimum Gasteiger partial charge on any atom is -0.480 e. The molecule has 1 aliphatic rings. The molecule has 5 nitrogen and oxygen atoms in total. The van der Waals surface area contributed by atoms with Gasteiger partial charge in [0.05, 0.1) is 5.54 Å². The third-order valence-corrected chi connectivity index (χ3v) is 3.95. The van der Waals surface area contributed by atoms with E-state index in [1.54, 1.807) is 0 Å². The summed E-state index contributed by atoms with van der Waals surface area (Å²) >= 11 is 0. The quantitative estimate of drug-likeness (QED) is 0.750. The molecule has 18 heavy (non-hydrogen) atoms. The van der Waals surface area contributed by atoms with E-state index >= 15 is 0 Å². The number of carbonyl (C=O) groups is 2. The fraction of sp³-hybridized carbons (Fsp3) is 0.846. The van der Waals surface area contributed by atoms with E-state index in [9.17, 15) is 9.59 Å². The Labute approximate surface area is 109 Å². The molecule has 0 radical (unpaired) electrons. The predicted molar refractivity (Wildman–Crippen MR) is 69.4 cm³/mol. The Bertz CT molecular complexity index is 311. The molecule has 0 aromatic heterocycles. The molecule has 104 valence electrons. The number of rotatable bonds is 6. The lowest BCUT2D eigenvalue weighted by molar-refractivity contribution is -0.149. The highest BCUT2D eigenvalue weighted by Gasteiger charge is 2.43. The van der Waals surface area contributed by atoms with Crippen molar-refractivity contribution in [2.45, 2.75) is 58.0 Å². The van der Waals surface area contributed by atoms with Crippen LogP contribution in [-0.4, -0.2) is 46.6 Å². The van der Waals surface area contributed by atoms with Crippen molar-refractivity contribution < 1.29 is 14.7 Å². The molecule has 2 N–H and O–H groups in total. The van der Waals surface area contributed by atoms with Gasteiger partial charge in [0.15, 0.2) is 0 Å². The first-order chi connectivity index (χ1) is 8.46. The second kappa shape index (κ2) is 6.18. The van der Waals surface area contributed by atoms with Crippen molar-refractivity contribution in [3.05, 3.63) is 0 Å². The van der Waals surface area contributed by atoms with Crippen LogP contribution in [0.3, 0.4) is 0 Å². The molecule has 1 fully saturated rings. The van der Waals surface area contributed by atoms with Crippen molar-refractivity contribution in [2.75, 3.05) is 13.1 Å². The highest BCUT2D eigenvalue weighted by atomic mass is 16.4. The summed E-state index contributed by atoms with van der Waals surface area (Å²) < 4.78 is 0. The van der Waals surface area contributed by atoms with Gasteiger partial charge < -0.3 is 15.3 Å². The van der Waals surface area contributed by atoms with Gasteiger partial charge in [-0.15, -0.1) is 0 Å². The summed E-state index contributed by atoms with van der Waals surface area (Å²) in [5.74, 6) is -1.01. The van der Waals surface area contributed by atoms with Crippen LogP contribution in [0, 0.1) is 0 Å². The monoisotopic (exact) mass is 256 g/mol. The number of carbonyl (C=O) groups excluding carboxylic acids is 1. The van der Waals surface area contributed by atoms with Gasteiger partial charge in [0.1, 0.15) is 6.54 Å². The van der Waals surface area contributed by atoms with Crippen molar-refractivity contribution in [1.29, 1.82) is 0 Å². The van der Waals surface area contributed by atoms with Crippen molar-refractivity contribution in [2.24, 2.45) is 0 Å². The Morgan fingerprint density at radius 1 is 1.44 bits per heavy atom. The van der Waals surface area contributed by atoms with Crippen molar-refractivity contribution in [3.63, 3.8) is 0 Å². The zero-order valence-electron chi connectivity index (χ0n) is 11.5. The Hall–Kier alpha value is -1.10. The van der Waals surface area contributed by atoms with Crippen LogP contribution in [0.5, 0.6) is 0 Å². The topological polar surface area (TPSA) is 69.6 Å². The summed E-state index contributed by atoms with van der Waals surface area (Å²) in [4.78, 5) is 25.1. The number of hydrogen-bond donors (Lipinski definition) is 2. The van der Waals surface area contributed by atoms with Gasteiger partial charge in [-0.1, -0.05) is 13.8 Å². The lowest BCUT2D eigenvalue weighted by Gasteiger charge is -2.36. The van der Waals surface area contributed by atoms with E-state index in [1.807, 2.05) is 20.8 Å². The summed E-state index contributed by atoms with van der Waals surface area (Å²) in [6.07, 6.45) is 3.24. The van der Waals surface area contributed by atoms with Crippen LogP contribution in [0.15, 0.2) is 0 Å². The van der Waals surface area contributed by atoms with E-state index in [0.29, 0.717) is 6.42 Å². The molecule has 0 spiro atoms. The Balaban J connectivity index is 2.89. The highest BCUT2D eigenvalue weighted by molar-refractivity contribution is 5.89. The lowest BCUT2D eigenvalue weighted by atomic mass is 9.91. The minimum atomic E-state index is -0.951. The first-order valence-electron chi connectivity index (χ1n) is 6.74. The molecular formula is C13H24N2O3. The zero-order valence-corrected chi connectivity index (χ0v) is 11.5. The standard InChI is InChI=1S/C13H24N2O3/c1-4-10(3)15(9-11(16)17)12(18)13(5-2)7-6-8-14-13/h10,14H,4-9H2,1-3H3,(H,16,17). The van der Waals surface area contributed by atoms with Gasteiger partial charge in [-0.25, -0.2) is 0 Å². The van der Waals surface area contributed by atoms with Gasteiger partial charge in [0.2, 0.25) is 5.91 Å². The van der Waals surface area contributed by atoms with Crippen LogP contribution < -0.4 is 5.32 Å². The van der Waals surface area contributed by atoms with Crippen LogP contribution in [0.1, 0.15) is 46.5 Å². The minimum absolute atomic E-state index is 0.0422. The highest BCUT2D eigenvalue weighted by Crippen LogP contribution is 2.26. The maximum absolute atomic E-state index is 12.6. The summed E-state index contributed by atoms with van der Waals surface area (Å²) in [5.41, 5.74) is -0.543. The van der Waals surface area contributed by atoms with Gasteiger partial charge in [0, 0.05) is 6.04 Å². The number of nitrogens with one attached hydrogen (secondary N) is 1.